The first-order chi connectivity index (χ1) is 14.6. The van der Waals surface area contributed by atoms with Gasteiger partial charge < -0.3 is 19.2 Å². The van der Waals surface area contributed by atoms with Crippen LogP contribution in [0.5, 0.6) is 5.75 Å². The molecule has 3 aromatic rings. The first-order valence-electron chi connectivity index (χ1n) is 9.26. The average molecular weight is 430 g/mol. The standard InChI is InChI=1S/C20H22N4O5S/c1-3-24-19(16-9-6-10-28-16)22-23-20(24)30-13-18(26)29-12-17(25)21-11-14-7-4-5-8-15(14)27-2/h4-10H,3,11-13H2,1-2H3,(H,21,25). The van der Waals surface area contributed by atoms with E-state index in [1.165, 1.54) is 11.8 Å². The van der Waals surface area contributed by atoms with Crippen LogP contribution in [-0.2, 0) is 27.4 Å². The van der Waals surface area contributed by atoms with Gasteiger partial charge >= 0.3 is 5.97 Å². The third-order valence-electron chi connectivity index (χ3n) is 4.13. The largest absolute Gasteiger partial charge is 0.496 e. The summed E-state index contributed by atoms with van der Waals surface area (Å²) in [5.41, 5.74) is 0.835. The molecular formula is C20H22N4O5S. The molecular weight excluding hydrogens is 408 g/mol. The molecule has 0 fully saturated rings. The van der Waals surface area contributed by atoms with Crippen molar-refractivity contribution in [3.63, 3.8) is 0 Å². The van der Waals surface area contributed by atoms with Crippen LogP contribution in [0.3, 0.4) is 0 Å². The molecule has 158 valence electrons. The molecule has 0 saturated heterocycles. The summed E-state index contributed by atoms with van der Waals surface area (Å²) in [6.07, 6.45) is 1.56. The Balaban J connectivity index is 1.44. The molecule has 2 aromatic heterocycles. The number of para-hydroxylation sites is 1. The van der Waals surface area contributed by atoms with Crippen LogP contribution in [0.4, 0.5) is 0 Å². The quantitative estimate of drug-likeness (QED) is 0.386. The molecule has 0 aliphatic heterocycles. The molecule has 10 heteroatoms. The van der Waals surface area contributed by atoms with Gasteiger partial charge in [0.05, 0.1) is 19.1 Å². The molecule has 0 aliphatic carbocycles. The van der Waals surface area contributed by atoms with Crippen molar-refractivity contribution in [2.75, 3.05) is 19.5 Å². The number of carbonyl (C=O) groups excluding carboxylic acids is 2. The summed E-state index contributed by atoms with van der Waals surface area (Å²) in [6.45, 7) is 2.49. The number of ether oxygens (including phenoxy) is 2. The van der Waals surface area contributed by atoms with Crippen molar-refractivity contribution in [1.82, 2.24) is 20.1 Å². The average Bonchev–Trinajstić information content (AvgIpc) is 3.44. The molecule has 30 heavy (non-hydrogen) atoms. The lowest BCUT2D eigenvalue weighted by molar-refractivity contribution is -0.145. The van der Waals surface area contributed by atoms with Crippen LogP contribution in [0.15, 0.2) is 52.2 Å². The van der Waals surface area contributed by atoms with E-state index >= 15 is 0 Å². The summed E-state index contributed by atoms with van der Waals surface area (Å²) in [5.74, 6) is 0.976. The second-order valence-corrected chi connectivity index (χ2v) is 7.01. The van der Waals surface area contributed by atoms with E-state index in [9.17, 15) is 9.59 Å². The van der Waals surface area contributed by atoms with E-state index in [0.29, 0.717) is 29.0 Å². The van der Waals surface area contributed by atoms with Crippen LogP contribution >= 0.6 is 11.8 Å². The number of nitrogens with zero attached hydrogens (tertiary/aromatic N) is 3. The van der Waals surface area contributed by atoms with Crippen molar-refractivity contribution >= 4 is 23.6 Å². The maximum Gasteiger partial charge on any atom is 0.316 e. The lowest BCUT2D eigenvalue weighted by Gasteiger charge is -2.10. The van der Waals surface area contributed by atoms with E-state index in [4.69, 9.17) is 13.9 Å². The Bertz CT molecular complexity index is 987. The van der Waals surface area contributed by atoms with Crippen molar-refractivity contribution in [3.05, 3.63) is 48.2 Å². The van der Waals surface area contributed by atoms with E-state index in [-0.39, 0.29) is 18.9 Å². The predicted octanol–water partition coefficient (Wildman–Crippen LogP) is 2.52. The minimum Gasteiger partial charge on any atom is -0.496 e. The molecule has 0 aliphatic rings. The Labute approximate surface area is 177 Å². The van der Waals surface area contributed by atoms with Crippen molar-refractivity contribution in [1.29, 1.82) is 0 Å². The Morgan fingerprint density at radius 2 is 2.03 bits per heavy atom. The third-order valence-corrected chi connectivity index (χ3v) is 5.07. The highest BCUT2D eigenvalue weighted by molar-refractivity contribution is 7.99. The van der Waals surface area contributed by atoms with Gasteiger partial charge in [-0.3, -0.25) is 14.2 Å². The Morgan fingerprint density at radius 3 is 2.77 bits per heavy atom. The van der Waals surface area contributed by atoms with Gasteiger partial charge in [0.1, 0.15) is 5.75 Å². The molecule has 2 heterocycles. The number of aromatic nitrogens is 3. The summed E-state index contributed by atoms with van der Waals surface area (Å²) >= 11 is 1.19. The summed E-state index contributed by atoms with van der Waals surface area (Å²) < 4.78 is 17.5. The zero-order valence-corrected chi connectivity index (χ0v) is 17.5. The first-order valence-corrected chi connectivity index (χ1v) is 10.2. The number of esters is 1. The monoisotopic (exact) mass is 430 g/mol. The first kappa shape index (κ1) is 21.4. The van der Waals surface area contributed by atoms with Crippen LogP contribution < -0.4 is 10.1 Å². The smallest absolute Gasteiger partial charge is 0.316 e. The molecule has 0 unspecified atom stereocenters. The van der Waals surface area contributed by atoms with Gasteiger partial charge in [0.2, 0.25) is 0 Å². The predicted molar refractivity (Wildman–Crippen MR) is 110 cm³/mol. The van der Waals surface area contributed by atoms with Gasteiger partial charge in [0, 0.05) is 18.7 Å². The molecule has 0 atom stereocenters. The highest BCUT2D eigenvalue weighted by atomic mass is 32.2. The van der Waals surface area contributed by atoms with Crippen LogP contribution in [-0.4, -0.2) is 46.1 Å². The number of nitrogens with one attached hydrogen (secondary N) is 1. The summed E-state index contributed by atoms with van der Waals surface area (Å²) in [5, 5.41) is 11.5. The van der Waals surface area contributed by atoms with Gasteiger partial charge in [-0.25, -0.2) is 0 Å². The van der Waals surface area contributed by atoms with E-state index < -0.39 is 11.9 Å². The van der Waals surface area contributed by atoms with E-state index in [2.05, 4.69) is 15.5 Å². The second kappa shape index (κ2) is 10.5. The van der Waals surface area contributed by atoms with Crippen LogP contribution in [0.2, 0.25) is 0 Å². The number of benzene rings is 1. The Hall–Kier alpha value is -3.27. The maximum absolute atomic E-state index is 12.0. The van der Waals surface area contributed by atoms with Gasteiger partial charge in [-0.1, -0.05) is 30.0 Å². The molecule has 0 radical (unpaired) electrons. The minimum atomic E-state index is -0.516. The van der Waals surface area contributed by atoms with Crippen molar-refractivity contribution in [2.24, 2.45) is 0 Å². The summed E-state index contributed by atoms with van der Waals surface area (Å²) in [7, 11) is 1.57. The maximum atomic E-state index is 12.0. The zero-order chi connectivity index (χ0) is 21.3. The molecule has 0 saturated carbocycles. The van der Waals surface area contributed by atoms with Gasteiger partial charge in [-0.15, -0.1) is 10.2 Å². The number of rotatable bonds is 10. The SMILES string of the molecule is CCn1c(SCC(=O)OCC(=O)NCc2ccccc2OC)nnc1-c1ccco1. The van der Waals surface area contributed by atoms with E-state index in [1.54, 1.807) is 25.5 Å². The fourth-order valence-corrected chi connectivity index (χ4v) is 3.47. The fourth-order valence-electron chi connectivity index (χ4n) is 2.67. The Kier molecular flexibility index (Phi) is 7.50. The normalized spacial score (nSPS) is 10.6. The molecule has 3 rings (SSSR count). The minimum absolute atomic E-state index is 0.01000. The number of carbonyl (C=O) groups is 2. The third kappa shape index (κ3) is 5.41. The van der Waals surface area contributed by atoms with Gasteiger partial charge in [-0.05, 0) is 25.1 Å². The number of amides is 1. The molecule has 0 bridgehead atoms. The number of furan rings is 1. The number of thioether (sulfide) groups is 1. The lowest BCUT2D eigenvalue weighted by atomic mass is 10.2. The van der Waals surface area contributed by atoms with Crippen LogP contribution in [0, 0.1) is 0 Å². The van der Waals surface area contributed by atoms with Gasteiger partial charge in [0.25, 0.3) is 5.91 Å². The molecule has 1 N–H and O–H groups in total. The number of hydrogen-bond donors (Lipinski definition) is 1. The van der Waals surface area contributed by atoms with Crippen LogP contribution in [0.1, 0.15) is 12.5 Å². The summed E-state index contributed by atoms with van der Waals surface area (Å²) in [6, 6.07) is 10.9. The van der Waals surface area contributed by atoms with Gasteiger partial charge in [-0.2, -0.15) is 0 Å². The number of methoxy groups -OCH3 is 1. The molecule has 1 aromatic carbocycles. The molecule has 0 spiro atoms. The number of hydrogen-bond acceptors (Lipinski definition) is 8. The second-order valence-electron chi connectivity index (χ2n) is 6.07. The van der Waals surface area contributed by atoms with Crippen molar-refractivity contribution in [3.8, 4) is 17.3 Å². The van der Waals surface area contributed by atoms with Crippen LogP contribution in [0.25, 0.3) is 11.6 Å². The van der Waals surface area contributed by atoms with E-state index in [1.807, 2.05) is 35.8 Å². The van der Waals surface area contributed by atoms with E-state index in [0.717, 1.165) is 5.56 Å². The Morgan fingerprint density at radius 1 is 1.20 bits per heavy atom. The summed E-state index contributed by atoms with van der Waals surface area (Å²) in [4.78, 5) is 24.0. The van der Waals surface area contributed by atoms with Crippen molar-refractivity contribution < 1.29 is 23.5 Å². The molecule has 1 amide bonds. The highest BCUT2D eigenvalue weighted by Crippen LogP contribution is 2.24. The van der Waals surface area contributed by atoms with Gasteiger partial charge in [0.15, 0.2) is 23.3 Å². The highest BCUT2D eigenvalue weighted by Gasteiger charge is 2.17. The lowest BCUT2D eigenvalue weighted by Crippen LogP contribution is -2.28. The zero-order valence-electron chi connectivity index (χ0n) is 16.7. The topological polar surface area (TPSA) is 108 Å². The molecule has 9 nitrogen and oxygen atoms in total. The fraction of sp³-hybridized carbons (Fsp3) is 0.300. The van der Waals surface area contributed by atoms with Crippen molar-refractivity contribution in [2.45, 2.75) is 25.2 Å².